The Morgan fingerprint density at radius 1 is 0.611 bits per heavy atom. The predicted molar refractivity (Wildman–Crippen MR) is 71.3 cm³/mol. The molecule has 0 amide bonds. The molecule has 92 valence electrons. The van der Waals surface area contributed by atoms with Gasteiger partial charge in [0.05, 0.1) is 10.1 Å². The molecule has 0 fully saturated rings. The molecule has 0 aromatic heterocycles. The van der Waals surface area contributed by atoms with Gasteiger partial charge in [-0.15, -0.1) is 0 Å². The lowest BCUT2D eigenvalue weighted by Gasteiger charge is -2.04. The molecule has 0 aliphatic rings. The Hall–Kier alpha value is -1.38. The maximum absolute atomic E-state index is 12.8. The van der Waals surface area contributed by atoms with E-state index < -0.39 is 0 Å². The van der Waals surface area contributed by atoms with Crippen molar-refractivity contribution < 1.29 is 8.78 Å². The van der Waals surface area contributed by atoms with Crippen molar-refractivity contribution in [3.05, 3.63) is 71.3 Å². The molecule has 0 saturated carbocycles. The summed E-state index contributed by atoms with van der Waals surface area (Å²) in [4.78, 5) is 0. The van der Waals surface area contributed by atoms with Gasteiger partial charge in [-0.2, -0.15) is 0 Å². The van der Waals surface area contributed by atoms with Crippen molar-refractivity contribution in [1.29, 1.82) is 0 Å². The zero-order valence-electron chi connectivity index (χ0n) is 9.13. The molecule has 0 bridgehead atoms. The molecule has 0 saturated heterocycles. The summed E-state index contributed by atoms with van der Waals surface area (Å²) < 4.78 is 25.6. The third-order valence-corrected chi connectivity index (χ3v) is 3.30. The van der Waals surface area contributed by atoms with Crippen molar-refractivity contribution >= 4 is 33.3 Å². The van der Waals surface area contributed by atoms with Crippen LogP contribution in [0, 0.1) is 11.6 Å². The van der Waals surface area contributed by atoms with Crippen molar-refractivity contribution in [3.8, 4) is 0 Å². The lowest BCUT2D eigenvalue weighted by molar-refractivity contribution is 0.627. The van der Waals surface area contributed by atoms with E-state index >= 15 is 0 Å². The van der Waals surface area contributed by atoms with Crippen LogP contribution in [-0.4, -0.2) is 0 Å². The average molecular weight is 285 g/mol. The normalized spacial score (nSPS) is 12.2. The van der Waals surface area contributed by atoms with E-state index in [-0.39, 0.29) is 11.6 Å². The summed E-state index contributed by atoms with van der Waals surface area (Å²) in [6, 6.07) is 11.3. The highest BCUT2D eigenvalue weighted by Gasteiger charge is 2.07. The molecule has 0 aliphatic heterocycles. The first-order valence-electron chi connectivity index (χ1n) is 5.15. The monoisotopic (exact) mass is 284 g/mol. The van der Waals surface area contributed by atoms with Crippen LogP contribution in [0.5, 0.6) is 0 Å². The second-order valence-corrected chi connectivity index (χ2v) is 4.40. The van der Waals surface area contributed by atoms with Gasteiger partial charge in [0.15, 0.2) is 0 Å². The van der Waals surface area contributed by atoms with Crippen LogP contribution in [0.25, 0.3) is 10.1 Å². The Labute approximate surface area is 113 Å². The van der Waals surface area contributed by atoms with Crippen molar-refractivity contribution in [2.24, 2.45) is 0 Å². The van der Waals surface area contributed by atoms with Crippen LogP contribution in [0.2, 0.25) is 0 Å². The van der Waals surface area contributed by atoms with Gasteiger partial charge in [0.25, 0.3) is 0 Å². The summed E-state index contributed by atoms with van der Waals surface area (Å²) in [6.45, 7) is 0. The molecule has 0 spiro atoms. The summed E-state index contributed by atoms with van der Waals surface area (Å²) in [5, 5.41) is 0.589. The van der Waals surface area contributed by atoms with Crippen molar-refractivity contribution in [2.45, 2.75) is 0 Å². The molecule has 2 aromatic carbocycles. The SMILES string of the molecule is Fc1ccc(C(Cl)=C(Cl)c2ccc(F)cc2)cc1. The quantitative estimate of drug-likeness (QED) is 0.659. The van der Waals surface area contributed by atoms with E-state index in [1.54, 1.807) is 0 Å². The third-order valence-electron chi connectivity index (χ3n) is 2.39. The molecular formula is C14H8Cl2F2. The van der Waals surface area contributed by atoms with Crippen LogP contribution >= 0.6 is 23.2 Å². The van der Waals surface area contributed by atoms with Gasteiger partial charge in [-0.05, 0) is 35.4 Å². The van der Waals surface area contributed by atoms with Crippen molar-refractivity contribution in [2.75, 3.05) is 0 Å². The molecule has 18 heavy (non-hydrogen) atoms. The molecule has 0 radical (unpaired) electrons. The first-order valence-corrected chi connectivity index (χ1v) is 5.90. The lowest BCUT2D eigenvalue weighted by atomic mass is 10.1. The highest BCUT2D eigenvalue weighted by molar-refractivity contribution is 6.65. The Balaban J connectivity index is 2.40. The molecular weight excluding hydrogens is 277 g/mol. The van der Waals surface area contributed by atoms with Gasteiger partial charge in [-0.1, -0.05) is 47.5 Å². The second kappa shape index (κ2) is 5.51. The van der Waals surface area contributed by atoms with Crippen LogP contribution < -0.4 is 0 Å². The molecule has 0 N–H and O–H groups in total. The fraction of sp³-hybridized carbons (Fsp3) is 0. The van der Waals surface area contributed by atoms with Gasteiger partial charge in [-0.3, -0.25) is 0 Å². The fourth-order valence-electron chi connectivity index (χ4n) is 1.45. The predicted octanol–water partition coefficient (Wildman–Crippen LogP) is 5.27. The third kappa shape index (κ3) is 2.89. The maximum atomic E-state index is 12.8. The number of rotatable bonds is 2. The van der Waals surface area contributed by atoms with Gasteiger partial charge >= 0.3 is 0 Å². The number of hydrogen-bond acceptors (Lipinski definition) is 0. The van der Waals surface area contributed by atoms with Crippen LogP contribution in [0.3, 0.4) is 0 Å². The van der Waals surface area contributed by atoms with E-state index in [0.717, 1.165) is 0 Å². The number of halogens is 4. The average Bonchev–Trinajstić information content (AvgIpc) is 2.39. The number of hydrogen-bond donors (Lipinski definition) is 0. The van der Waals surface area contributed by atoms with Gasteiger partial charge < -0.3 is 0 Å². The largest absolute Gasteiger partial charge is 0.207 e. The van der Waals surface area contributed by atoms with E-state index in [4.69, 9.17) is 23.2 Å². The summed E-state index contributed by atoms with van der Waals surface area (Å²) in [5.41, 5.74) is 1.21. The molecule has 0 nitrogen and oxygen atoms in total. The molecule has 4 heteroatoms. The van der Waals surface area contributed by atoms with Crippen LogP contribution in [0.4, 0.5) is 8.78 Å². The molecule has 2 rings (SSSR count). The summed E-state index contributed by atoms with van der Waals surface area (Å²) in [6.07, 6.45) is 0. The minimum atomic E-state index is -0.346. The van der Waals surface area contributed by atoms with Crippen LogP contribution in [0.15, 0.2) is 48.5 Å². The standard InChI is InChI=1S/C14H8Cl2F2/c15-13(9-1-5-11(17)6-2-9)14(16)10-3-7-12(18)8-4-10/h1-8H. The van der Waals surface area contributed by atoms with Gasteiger partial charge in [0, 0.05) is 0 Å². The van der Waals surface area contributed by atoms with Gasteiger partial charge in [-0.25, -0.2) is 8.78 Å². The zero-order chi connectivity index (χ0) is 13.1. The molecule has 0 heterocycles. The fourth-order valence-corrected chi connectivity index (χ4v) is 1.92. The topological polar surface area (TPSA) is 0 Å². The maximum Gasteiger partial charge on any atom is 0.123 e. The van der Waals surface area contributed by atoms with E-state index in [0.29, 0.717) is 21.2 Å². The van der Waals surface area contributed by atoms with E-state index in [1.165, 1.54) is 48.5 Å². The molecule has 0 aliphatic carbocycles. The van der Waals surface area contributed by atoms with Gasteiger partial charge in [0.2, 0.25) is 0 Å². The van der Waals surface area contributed by atoms with Gasteiger partial charge in [0.1, 0.15) is 11.6 Å². The van der Waals surface area contributed by atoms with E-state index in [9.17, 15) is 8.78 Å². The van der Waals surface area contributed by atoms with Crippen LogP contribution in [0.1, 0.15) is 11.1 Å². The highest BCUT2D eigenvalue weighted by Crippen LogP contribution is 2.32. The molecule has 0 atom stereocenters. The Kier molecular flexibility index (Phi) is 4.00. The molecule has 2 aromatic rings. The van der Waals surface area contributed by atoms with E-state index in [2.05, 4.69) is 0 Å². The highest BCUT2D eigenvalue weighted by atomic mass is 35.5. The summed E-state index contributed by atoms with van der Waals surface area (Å²) in [5.74, 6) is -0.692. The number of benzene rings is 2. The zero-order valence-corrected chi connectivity index (χ0v) is 10.6. The summed E-state index contributed by atoms with van der Waals surface area (Å²) >= 11 is 12.2. The smallest absolute Gasteiger partial charge is 0.123 e. The lowest BCUT2D eigenvalue weighted by Crippen LogP contribution is -1.84. The van der Waals surface area contributed by atoms with E-state index in [1.807, 2.05) is 0 Å². The van der Waals surface area contributed by atoms with Crippen LogP contribution in [-0.2, 0) is 0 Å². The van der Waals surface area contributed by atoms with Crippen molar-refractivity contribution in [1.82, 2.24) is 0 Å². The minimum Gasteiger partial charge on any atom is -0.207 e. The second-order valence-electron chi connectivity index (χ2n) is 3.64. The first kappa shape index (κ1) is 13.1. The summed E-state index contributed by atoms with van der Waals surface area (Å²) in [7, 11) is 0. The van der Waals surface area contributed by atoms with Crippen molar-refractivity contribution in [3.63, 3.8) is 0 Å². The Morgan fingerprint density at radius 3 is 1.17 bits per heavy atom. The Morgan fingerprint density at radius 2 is 0.889 bits per heavy atom. The Bertz CT molecular complexity index is 518. The molecule has 0 unspecified atom stereocenters. The minimum absolute atomic E-state index is 0.295. The first-order chi connectivity index (χ1) is 8.58.